The number of benzene rings is 1. The fourth-order valence-electron chi connectivity index (χ4n) is 2.28. The third-order valence-electron chi connectivity index (χ3n) is 3.31. The van der Waals surface area contributed by atoms with Crippen molar-refractivity contribution in [3.05, 3.63) is 70.3 Å². The van der Waals surface area contributed by atoms with Gasteiger partial charge >= 0.3 is 0 Å². The summed E-state index contributed by atoms with van der Waals surface area (Å²) in [5, 5.41) is 3.77. The molecule has 0 unspecified atom stereocenters. The Balaban J connectivity index is 1.75. The lowest BCUT2D eigenvalue weighted by Gasteiger charge is -2.09. The van der Waals surface area contributed by atoms with Crippen molar-refractivity contribution < 1.29 is 17.2 Å². The van der Waals surface area contributed by atoms with E-state index < -0.39 is 27.4 Å². The second-order valence-corrected chi connectivity index (χ2v) is 7.81. The van der Waals surface area contributed by atoms with Gasteiger partial charge in [-0.05, 0) is 29.1 Å². The molecule has 130 valence electrons. The third-order valence-corrected chi connectivity index (χ3v) is 5.29. The summed E-state index contributed by atoms with van der Waals surface area (Å²) in [6.45, 7) is -0.0703. The van der Waals surface area contributed by atoms with E-state index in [0.29, 0.717) is 17.5 Å². The zero-order valence-corrected chi connectivity index (χ0v) is 14.4. The highest BCUT2D eigenvalue weighted by molar-refractivity contribution is 7.88. The van der Waals surface area contributed by atoms with Crippen LogP contribution < -0.4 is 4.72 Å². The van der Waals surface area contributed by atoms with E-state index in [4.69, 9.17) is 0 Å². The van der Waals surface area contributed by atoms with Gasteiger partial charge in [-0.15, -0.1) is 0 Å². The minimum absolute atomic E-state index is 0.0298. The van der Waals surface area contributed by atoms with Crippen molar-refractivity contribution in [3.8, 4) is 11.3 Å². The number of rotatable bonds is 6. The molecular weight excluding hydrogens is 368 g/mol. The SMILES string of the molecule is O=S(=O)(Cc1cc(F)cc(F)c1)NCc1nccnc1-c1ccsc1. The maximum absolute atomic E-state index is 13.2. The van der Waals surface area contributed by atoms with Gasteiger partial charge in [0.25, 0.3) is 0 Å². The molecule has 0 saturated heterocycles. The first-order valence-electron chi connectivity index (χ1n) is 7.18. The molecule has 0 fully saturated rings. The number of halogens is 2. The van der Waals surface area contributed by atoms with Crippen molar-refractivity contribution in [2.45, 2.75) is 12.3 Å². The zero-order chi connectivity index (χ0) is 17.9. The normalized spacial score (nSPS) is 11.6. The Labute approximate surface area is 147 Å². The first-order chi connectivity index (χ1) is 11.9. The minimum Gasteiger partial charge on any atom is -0.256 e. The molecule has 0 bridgehead atoms. The number of aromatic nitrogens is 2. The van der Waals surface area contributed by atoms with Crippen LogP contribution in [0, 0.1) is 11.6 Å². The second-order valence-electron chi connectivity index (χ2n) is 5.22. The van der Waals surface area contributed by atoms with Gasteiger partial charge in [-0.25, -0.2) is 21.9 Å². The molecule has 25 heavy (non-hydrogen) atoms. The Kier molecular flexibility index (Phi) is 5.16. The van der Waals surface area contributed by atoms with E-state index in [-0.39, 0.29) is 12.1 Å². The molecule has 2 aromatic heterocycles. The maximum atomic E-state index is 13.2. The Hall–Kier alpha value is -2.23. The van der Waals surface area contributed by atoms with Gasteiger partial charge in [0.2, 0.25) is 10.0 Å². The molecular formula is C16H13F2N3O2S2. The predicted molar refractivity (Wildman–Crippen MR) is 91.2 cm³/mol. The van der Waals surface area contributed by atoms with Crippen LogP contribution in [0.15, 0.2) is 47.4 Å². The molecule has 0 saturated carbocycles. The molecule has 0 spiro atoms. The van der Waals surface area contributed by atoms with E-state index in [1.54, 1.807) is 0 Å². The van der Waals surface area contributed by atoms with Crippen molar-refractivity contribution in [2.24, 2.45) is 0 Å². The lowest BCUT2D eigenvalue weighted by atomic mass is 10.2. The van der Waals surface area contributed by atoms with E-state index in [9.17, 15) is 17.2 Å². The average Bonchev–Trinajstić information content (AvgIpc) is 3.06. The first kappa shape index (κ1) is 17.6. The van der Waals surface area contributed by atoms with Crippen LogP contribution in [-0.2, 0) is 22.3 Å². The van der Waals surface area contributed by atoms with Crippen molar-refractivity contribution in [1.29, 1.82) is 0 Å². The minimum atomic E-state index is -3.80. The van der Waals surface area contributed by atoms with E-state index >= 15 is 0 Å². The summed E-state index contributed by atoms with van der Waals surface area (Å²) in [5.41, 5.74) is 1.93. The summed E-state index contributed by atoms with van der Waals surface area (Å²) >= 11 is 1.49. The van der Waals surface area contributed by atoms with Crippen molar-refractivity contribution >= 4 is 21.4 Å². The van der Waals surface area contributed by atoms with Crippen LogP contribution in [0.25, 0.3) is 11.3 Å². The van der Waals surface area contributed by atoms with Crippen LogP contribution in [0.5, 0.6) is 0 Å². The Bertz CT molecular complexity index is 957. The fraction of sp³-hybridized carbons (Fsp3) is 0.125. The van der Waals surface area contributed by atoms with Crippen LogP contribution in [0.2, 0.25) is 0 Å². The molecule has 0 aliphatic rings. The second kappa shape index (κ2) is 7.34. The zero-order valence-electron chi connectivity index (χ0n) is 12.8. The molecule has 3 rings (SSSR count). The van der Waals surface area contributed by atoms with E-state index in [2.05, 4.69) is 14.7 Å². The van der Waals surface area contributed by atoms with Gasteiger partial charge in [-0.1, -0.05) is 0 Å². The molecule has 9 heteroatoms. The third kappa shape index (κ3) is 4.65. The molecule has 0 atom stereocenters. The number of nitrogens with one attached hydrogen (secondary N) is 1. The fourth-order valence-corrected chi connectivity index (χ4v) is 3.98. The van der Waals surface area contributed by atoms with Crippen LogP contribution in [0.3, 0.4) is 0 Å². The Morgan fingerprint density at radius 2 is 1.80 bits per heavy atom. The number of nitrogens with zero attached hydrogens (tertiary/aromatic N) is 2. The predicted octanol–water partition coefficient (Wildman–Crippen LogP) is 3.10. The molecule has 0 amide bonds. The van der Waals surface area contributed by atoms with E-state index in [0.717, 1.165) is 17.7 Å². The summed E-state index contributed by atoms with van der Waals surface area (Å²) < 4.78 is 53.2. The topological polar surface area (TPSA) is 72.0 Å². The van der Waals surface area contributed by atoms with Crippen molar-refractivity contribution in [3.63, 3.8) is 0 Å². The van der Waals surface area contributed by atoms with E-state index in [1.807, 2.05) is 16.8 Å². The number of thiophene rings is 1. The Morgan fingerprint density at radius 3 is 2.48 bits per heavy atom. The smallest absolute Gasteiger partial charge is 0.216 e. The van der Waals surface area contributed by atoms with Crippen molar-refractivity contribution in [1.82, 2.24) is 14.7 Å². The summed E-state index contributed by atoms with van der Waals surface area (Å²) in [4.78, 5) is 8.41. The lowest BCUT2D eigenvalue weighted by Crippen LogP contribution is -2.25. The van der Waals surface area contributed by atoms with Crippen LogP contribution in [0.1, 0.15) is 11.3 Å². The van der Waals surface area contributed by atoms with Gasteiger partial charge in [0.05, 0.1) is 23.7 Å². The van der Waals surface area contributed by atoms with Gasteiger partial charge in [-0.3, -0.25) is 9.97 Å². The van der Waals surface area contributed by atoms with Crippen molar-refractivity contribution in [2.75, 3.05) is 0 Å². The highest BCUT2D eigenvalue weighted by atomic mass is 32.2. The highest BCUT2D eigenvalue weighted by Gasteiger charge is 2.15. The number of hydrogen-bond donors (Lipinski definition) is 1. The highest BCUT2D eigenvalue weighted by Crippen LogP contribution is 2.22. The first-order valence-corrected chi connectivity index (χ1v) is 9.77. The molecule has 0 aliphatic carbocycles. The van der Waals surface area contributed by atoms with Crippen LogP contribution >= 0.6 is 11.3 Å². The number of hydrogen-bond acceptors (Lipinski definition) is 5. The standard InChI is InChI=1S/C16H13F2N3O2S2/c17-13-5-11(6-14(18)7-13)10-25(22,23)21-8-15-16(20-3-2-19-15)12-1-4-24-9-12/h1-7,9,21H,8,10H2. The average molecular weight is 381 g/mol. The molecule has 1 N–H and O–H groups in total. The van der Waals surface area contributed by atoms with Crippen LogP contribution in [0.4, 0.5) is 8.78 Å². The Morgan fingerprint density at radius 1 is 1.08 bits per heavy atom. The van der Waals surface area contributed by atoms with Gasteiger partial charge in [0.1, 0.15) is 11.6 Å². The van der Waals surface area contributed by atoms with Gasteiger partial charge in [0, 0.05) is 29.4 Å². The molecule has 5 nitrogen and oxygen atoms in total. The lowest BCUT2D eigenvalue weighted by molar-refractivity contribution is 0.574. The van der Waals surface area contributed by atoms with Crippen LogP contribution in [-0.4, -0.2) is 18.4 Å². The summed E-state index contributed by atoms with van der Waals surface area (Å²) in [5.74, 6) is -2.17. The molecule has 1 aromatic carbocycles. The maximum Gasteiger partial charge on any atom is 0.216 e. The number of sulfonamides is 1. The molecule has 3 aromatic rings. The quantitative estimate of drug-likeness (QED) is 0.712. The van der Waals surface area contributed by atoms with E-state index in [1.165, 1.54) is 23.7 Å². The van der Waals surface area contributed by atoms with Gasteiger partial charge in [0.15, 0.2) is 0 Å². The molecule has 2 heterocycles. The molecule has 0 radical (unpaired) electrons. The van der Waals surface area contributed by atoms with Gasteiger partial charge in [-0.2, -0.15) is 11.3 Å². The summed E-state index contributed by atoms with van der Waals surface area (Å²) in [6, 6.07) is 4.53. The summed E-state index contributed by atoms with van der Waals surface area (Å²) in [7, 11) is -3.80. The molecule has 0 aliphatic heterocycles. The largest absolute Gasteiger partial charge is 0.256 e. The van der Waals surface area contributed by atoms with Gasteiger partial charge < -0.3 is 0 Å². The summed E-state index contributed by atoms with van der Waals surface area (Å²) in [6.07, 6.45) is 3.00. The monoisotopic (exact) mass is 381 g/mol.